The molecule has 154 valence electrons. The Morgan fingerprint density at radius 1 is 1.25 bits per heavy atom. The third kappa shape index (κ3) is 4.45. The molecule has 0 N–H and O–H groups in total. The molecule has 6 nitrogen and oxygen atoms in total. The zero-order chi connectivity index (χ0) is 20.5. The lowest BCUT2D eigenvalue weighted by atomic mass is 10.1. The number of hydrogen-bond donors (Lipinski definition) is 0. The molecule has 3 rings (SSSR count). The molecule has 9 heteroatoms. The average Bonchev–Trinajstić information content (AvgIpc) is 3.01. The van der Waals surface area contributed by atoms with E-state index < -0.39 is 37.9 Å². The number of esters is 1. The number of halogens is 2. The van der Waals surface area contributed by atoms with Gasteiger partial charge in [0.2, 0.25) is 0 Å². The number of nitrogens with zero attached hydrogens (tertiary/aromatic N) is 2. The van der Waals surface area contributed by atoms with Crippen LogP contribution < -0.4 is 9.80 Å². The van der Waals surface area contributed by atoms with Crippen molar-refractivity contribution >= 4 is 31.5 Å². The van der Waals surface area contributed by atoms with E-state index >= 15 is 0 Å². The Labute approximate surface area is 164 Å². The summed E-state index contributed by atoms with van der Waals surface area (Å²) < 4.78 is 39.3. The van der Waals surface area contributed by atoms with Crippen LogP contribution in [0.25, 0.3) is 0 Å². The van der Waals surface area contributed by atoms with Gasteiger partial charge in [-0.15, -0.1) is 0 Å². The van der Waals surface area contributed by atoms with Gasteiger partial charge in [-0.05, 0) is 18.5 Å². The fourth-order valence-electron chi connectivity index (χ4n) is 3.61. The minimum Gasteiger partial charge on any atom is -0.469 e. The van der Waals surface area contributed by atoms with Gasteiger partial charge < -0.3 is 14.4 Å². The van der Waals surface area contributed by atoms with Gasteiger partial charge in [0.25, 0.3) is 0 Å². The van der Waals surface area contributed by atoms with Gasteiger partial charge in [0.05, 0.1) is 27.4 Å². The van der Waals surface area contributed by atoms with Crippen LogP contribution in [0.5, 0.6) is 0 Å². The molecule has 1 aromatic carbocycles. The van der Waals surface area contributed by atoms with E-state index in [9.17, 15) is 18.4 Å². The van der Waals surface area contributed by atoms with Gasteiger partial charge in [-0.1, -0.05) is 13.1 Å². The molecule has 28 heavy (non-hydrogen) atoms. The Hall–Kier alpha value is -2.16. The van der Waals surface area contributed by atoms with Crippen LogP contribution in [0.1, 0.15) is 12.8 Å². The molecule has 0 bridgehead atoms. The van der Waals surface area contributed by atoms with Gasteiger partial charge in [0.1, 0.15) is 11.8 Å². The molecule has 2 aliphatic rings. The van der Waals surface area contributed by atoms with Gasteiger partial charge in [0, 0.05) is 31.6 Å². The zero-order valence-corrected chi connectivity index (χ0v) is 17.5. The fourth-order valence-corrected chi connectivity index (χ4v) is 5.61. The second-order valence-electron chi connectivity index (χ2n) is 8.14. The molecular formula is C19H26F2N2O4Si. The topological polar surface area (TPSA) is 59.1 Å². The molecule has 1 atom stereocenters. The van der Waals surface area contributed by atoms with E-state index in [-0.39, 0.29) is 24.3 Å². The van der Waals surface area contributed by atoms with Crippen LogP contribution >= 0.6 is 0 Å². The lowest BCUT2D eigenvalue weighted by molar-refractivity contribution is -0.141. The van der Waals surface area contributed by atoms with Crippen molar-refractivity contribution in [2.24, 2.45) is 0 Å². The van der Waals surface area contributed by atoms with Gasteiger partial charge in [-0.25, -0.2) is 13.6 Å². The maximum atomic E-state index is 14.8. The maximum absolute atomic E-state index is 14.8. The molecule has 2 heterocycles. The van der Waals surface area contributed by atoms with Gasteiger partial charge in [-0.2, -0.15) is 0 Å². The van der Waals surface area contributed by atoms with Crippen LogP contribution in [-0.4, -0.2) is 53.0 Å². The summed E-state index contributed by atoms with van der Waals surface area (Å²) in [7, 11) is 0.0290. The van der Waals surface area contributed by atoms with Crippen LogP contribution in [0.3, 0.4) is 0 Å². The molecule has 1 amide bonds. The smallest absolute Gasteiger partial charge is 0.414 e. The highest BCUT2D eigenvalue weighted by Gasteiger charge is 2.35. The number of carbonyl (C=O) groups excluding carboxylic acids is 2. The van der Waals surface area contributed by atoms with Gasteiger partial charge in [0.15, 0.2) is 11.6 Å². The monoisotopic (exact) mass is 412 g/mol. The normalized spacial score (nSPS) is 21.6. The standard InChI is InChI=1S/C19H26F2N2O4Si/c1-26-17(24)5-4-14-12-23(19(25)27-14)13-10-15(20)18(16(21)11-13)22-6-8-28(2,3)9-7-22/h10-11,14H,4-9,12H2,1-3H3/t14-/m0/s1. The largest absolute Gasteiger partial charge is 0.469 e. The van der Waals surface area contributed by atoms with Crippen molar-refractivity contribution in [3.05, 3.63) is 23.8 Å². The quantitative estimate of drug-likeness (QED) is 0.544. The summed E-state index contributed by atoms with van der Waals surface area (Å²) in [5.74, 6) is -1.76. The summed E-state index contributed by atoms with van der Waals surface area (Å²) >= 11 is 0. The van der Waals surface area contributed by atoms with E-state index in [0.717, 1.165) is 12.1 Å². The number of ether oxygens (including phenoxy) is 2. The SMILES string of the molecule is COC(=O)CC[C@H]1CN(c2cc(F)c(N3CC[Si](C)(C)CC3)c(F)c2)C(=O)O1. The lowest BCUT2D eigenvalue weighted by Crippen LogP contribution is -2.43. The van der Waals surface area contributed by atoms with Crippen LogP contribution in [0.2, 0.25) is 25.2 Å². The number of hydrogen-bond acceptors (Lipinski definition) is 5. The molecule has 0 saturated carbocycles. The zero-order valence-electron chi connectivity index (χ0n) is 16.5. The Bertz CT molecular complexity index is 741. The molecule has 0 radical (unpaired) electrons. The summed E-state index contributed by atoms with van der Waals surface area (Å²) in [6.07, 6.45) is -0.789. The van der Waals surface area contributed by atoms with Crippen molar-refractivity contribution in [1.82, 2.24) is 0 Å². The third-order valence-electron chi connectivity index (χ3n) is 5.52. The number of methoxy groups -OCH3 is 1. The molecular weight excluding hydrogens is 386 g/mol. The minimum absolute atomic E-state index is 0.0249. The lowest BCUT2D eigenvalue weighted by Gasteiger charge is -2.37. The number of benzene rings is 1. The number of rotatable bonds is 5. The Kier molecular flexibility index (Phi) is 5.92. The molecule has 2 aliphatic heterocycles. The predicted octanol–water partition coefficient (Wildman–Crippen LogP) is 3.77. The summed E-state index contributed by atoms with van der Waals surface area (Å²) in [4.78, 5) is 26.3. The first-order valence-corrected chi connectivity index (χ1v) is 12.9. The van der Waals surface area contributed by atoms with Crippen LogP contribution in [0, 0.1) is 11.6 Å². The summed E-state index contributed by atoms with van der Waals surface area (Å²) in [5.41, 5.74) is 0.0964. The summed E-state index contributed by atoms with van der Waals surface area (Å²) in [6, 6.07) is 4.35. The number of cyclic esters (lactones) is 1. The molecule has 2 fully saturated rings. The average molecular weight is 413 g/mol. The Balaban J connectivity index is 1.72. The van der Waals surface area contributed by atoms with Crippen molar-refractivity contribution in [2.45, 2.75) is 44.1 Å². The first kappa shape index (κ1) is 20.6. The second-order valence-corrected chi connectivity index (χ2v) is 13.5. The number of anilines is 2. The molecule has 2 saturated heterocycles. The highest BCUT2D eigenvalue weighted by atomic mass is 28.3. The summed E-state index contributed by atoms with van der Waals surface area (Å²) in [5, 5.41) is 0. The van der Waals surface area contributed by atoms with E-state index in [4.69, 9.17) is 4.74 Å². The molecule has 0 aliphatic carbocycles. The van der Waals surface area contributed by atoms with Crippen LogP contribution in [0.15, 0.2) is 12.1 Å². The highest BCUT2D eigenvalue weighted by molar-refractivity contribution is 6.77. The van der Waals surface area contributed by atoms with Gasteiger partial charge in [-0.3, -0.25) is 9.69 Å². The molecule has 1 aromatic rings. The van der Waals surface area contributed by atoms with Crippen molar-refractivity contribution in [3.63, 3.8) is 0 Å². The first-order chi connectivity index (χ1) is 13.2. The minimum atomic E-state index is -1.26. The molecule has 0 spiro atoms. The van der Waals surface area contributed by atoms with Gasteiger partial charge >= 0.3 is 12.1 Å². The van der Waals surface area contributed by atoms with E-state index in [2.05, 4.69) is 17.8 Å². The first-order valence-electron chi connectivity index (χ1n) is 9.49. The Morgan fingerprint density at radius 2 is 1.86 bits per heavy atom. The molecule has 0 unspecified atom stereocenters. The highest BCUT2D eigenvalue weighted by Crippen LogP contribution is 2.34. The second kappa shape index (κ2) is 8.06. The molecule has 0 aromatic heterocycles. The van der Waals surface area contributed by atoms with Crippen molar-refractivity contribution in [2.75, 3.05) is 36.5 Å². The van der Waals surface area contributed by atoms with Crippen molar-refractivity contribution in [1.29, 1.82) is 0 Å². The van der Waals surface area contributed by atoms with E-state index in [1.807, 2.05) is 0 Å². The third-order valence-corrected chi connectivity index (χ3v) is 8.67. The number of amides is 1. The van der Waals surface area contributed by atoms with Crippen LogP contribution in [0.4, 0.5) is 25.0 Å². The van der Waals surface area contributed by atoms with Crippen LogP contribution in [-0.2, 0) is 14.3 Å². The maximum Gasteiger partial charge on any atom is 0.414 e. The summed E-state index contributed by atoms with van der Waals surface area (Å²) in [6.45, 7) is 6.00. The Morgan fingerprint density at radius 3 is 2.43 bits per heavy atom. The fraction of sp³-hybridized carbons (Fsp3) is 0.579. The van der Waals surface area contributed by atoms with Crippen molar-refractivity contribution < 1.29 is 27.8 Å². The van der Waals surface area contributed by atoms with E-state index in [1.165, 1.54) is 24.1 Å². The van der Waals surface area contributed by atoms with Crippen molar-refractivity contribution in [3.8, 4) is 0 Å². The number of carbonyl (C=O) groups is 2. The predicted molar refractivity (Wildman–Crippen MR) is 105 cm³/mol. The van der Waals surface area contributed by atoms with E-state index in [1.54, 1.807) is 4.90 Å². The van der Waals surface area contributed by atoms with E-state index in [0.29, 0.717) is 19.5 Å².